The quantitative estimate of drug-likeness (QED) is 0.687. The Kier molecular flexibility index (Phi) is 6.91. The molecule has 1 aliphatic rings. The zero-order chi connectivity index (χ0) is 15.9. The number of aliphatic carboxylic acids is 1. The Hall–Kier alpha value is -1.34. The number of methoxy groups -OCH3 is 2. The summed E-state index contributed by atoms with van der Waals surface area (Å²) in [6.07, 6.45) is 2.68. The number of hydrogen-bond donors (Lipinski definition) is 2. The number of piperidine rings is 1. The van der Waals surface area contributed by atoms with Crippen molar-refractivity contribution < 1.29 is 24.2 Å². The van der Waals surface area contributed by atoms with Gasteiger partial charge < -0.3 is 24.8 Å². The van der Waals surface area contributed by atoms with Gasteiger partial charge in [0.1, 0.15) is 6.04 Å². The Morgan fingerprint density at radius 2 is 2.14 bits per heavy atom. The lowest BCUT2D eigenvalue weighted by molar-refractivity contribution is -0.139. The zero-order valence-electron chi connectivity index (χ0n) is 13.1. The topological polar surface area (TPSA) is 88.1 Å². The van der Waals surface area contributed by atoms with Crippen LogP contribution in [0.4, 0.5) is 4.79 Å². The number of carbonyl (C=O) groups is 2. The second-order valence-electron chi connectivity index (χ2n) is 5.65. The van der Waals surface area contributed by atoms with Crippen molar-refractivity contribution in [2.24, 2.45) is 0 Å². The van der Waals surface area contributed by atoms with Crippen LogP contribution in [0.3, 0.4) is 0 Å². The van der Waals surface area contributed by atoms with Crippen molar-refractivity contribution in [3.05, 3.63) is 0 Å². The van der Waals surface area contributed by atoms with Crippen molar-refractivity contribution in [2.45, 2.75) is 44.2 Å². The lowest BCUT2D eigenvalue weighted by Gasteiger charge is -2.39. The van der Waals surface area contributed by atoms with Gasteiger partial charge in [-0.3, -0.25) is 0 Å². The highest BCUT2D eigenvalue weighted by molar-refractivity contribution is 5.82. The van der Waals surface area contributed by atoms with Crippen LogP contribution in [0.1, 0.15) is 32.6 Å². The lowest BCUT2D eigenvalue weighted by Crippen LogP contribution is -2.55. The fourth-order valence-corrected chi connectivity index (χ4v) is 2.48. The molecule has 0 aromatic carbocycles. The Labute approximate surface area is 125 Å². The number of hydrogen-bond acceptors (Lipinski definition) is 4. The molecule has 1 aliphatic heterocycles. The van der Waals surface area contributed by atoms with Gasteiger partial charge >= 0.3 is 12.0 Å². The summed E-state index contributed by atoms with van der Waals surface area (Å²) in [4.78, 5) is 25.0. The number of carboxylic acid groups (broad SMARTS) is 1. The van der Waals surface area contributed by atoms with E-state index in [1.165, 1.54) is 0 Å². The molecule has 122 valence electrons. The number of amides is 2. The SMILES string of the molecule is COCCCC(NC(=O)N1CCCC(C)(OC)C1)C(=O)O. The largest absolute Gasteiger partial charge is 0.480 e. The van der Waals surface area contributed by atoms with Crippen LogP contribution >= 0.6 is 0 Å². The number of rotatable bonds is 7. The van der Waals surface area contributed by atoms with Crippen LogP contribution in [0.25, 0.3) is 0 Å². The first kappa shape index (κ1) is 17.7. The van der Waals surface area contributed by atoms with Crippen molar-refractivity contribution >= 4 is 12.0 Å². The summed E-state index contributed by atoms with van der Waals surface area (Å²) in [6, 6.07) is -1.23. The van der Waals surface area contributed by atoms with E-state index >= 15 is 0 Å². The highest BCUT2D eigenvalue weighted by Gasteiger charge is 2.34. The number of ether oxygens (including phenoxy) is 2. The van der Waals surface area contributed by atoms with Gasteiger partial charge in [0, 0.05) is 27.4 Å². The molecular formula is C14H26N2O5. The predicted molar refractivity (Wildman–Crippen MR) is 77.3 cm³/mol. The first-order valence-electron chi connectivity index (χ1n) is 7.24. The number of urea groups is 1. The van der Waals surface area contributed by atoms with E-state index in [-0.39, 0.29) is 11.6 Å². The van der Waals surface area contributed by atoms with Crippen LogP contribution in [-0.2, 0) is 14.3 Å². The maximum atomic E-state index is 12.2. The van der Waals surface area contributed by atoms with E-state index < -0.39 is 12.0 Å². The minimum atomic E-state index is -1.02. The molecule has 7 heteroatoms. The average molecular weight is 302 g/mol. The third-order valence-corrected chi connectivity index (χ3v) is 3.88. The van der Waals surface area contributed by atoms with Crippen molar-refractivity contribution in [1.29, 1.82) is 0 Å². The van der Waals surface area contributed by atoms with Gasteiger partial charge in [-0.25, -0.2) is 9.59 Å². The molecule has 0 aromatic heterocycles. The molecule has 0 aliphatic carbocycles. The molecule has 0 spiro atoms. The summed E-state index contributed by atoms with van der Waals surface area (Å²) in [5.41, 5.74) is -0.357. The molecule has 0 bridgehead atoms. The molecule has 1 fully saturated rings. The average Bonchev–Trinajstić information content (AvgIpc) is 2.46. The van der Waals surface area contributed by atoms with Crippen LogP contribution in [0.5, 0.6) is 0 Å². The number of carboxylic acids is 1. The molecule has 21 heavy (non-hydrogen) atoms. The van der Waals surface area contributed by atoms with E-state index in [4.69, 9.17) is 14.6 Å². The first-order chi connectivity index (χ1) is 9.91. The molecule has 1 rings (SSSR count). The summed E-state index contributed by atoms with van der Waals surface area (Å²) in [7, 11) is 3.19. The smallest absolute Gasteiger partial charge is 0.326 e. The van der Waals surface area contributed by atoms with E-state index in [9.17, 15) is 9.59 Å². The lowest BCUT2D eigenvalue weighted by atomic mass is 9.95. The molecule has 0 saturated carbocycles. The summed E-state index contributed by atoms with van der Waals surface area (Å²) in [5.74, 6) is -1.02. The van der Waals surface area contributed by atoms with Crippen molar-refractivity contribution in [2.75, 3.05) is 33.9 Å². The van der Waals surface area contributed by atoms with Crippen molar-refractivity contribution in [3.63, 3.8) is 0 Å². The maximum Gasteiger partial charge on any atom is 0.326 e. The molecule has 1 heterocycles. The third-order valence-electron chi connectivity index (χ3n) is 3.88. The zero-order valence-corrected chi connectivity index (χ0v) is 13.1. The highest BCUT2D eigenvalue weighted by atomic mass is 16.5. The third kappa shape index (κ3) is 5.51. The van der Waals surface area contributed by atoms with Crippen LogP contribution in [-0.4, -0.2) is 67.6 Å². The monoisotopic (exact) mass is 302 g/mol. The highest BCUT2D eigenvalue weighted by Crippen LogP contribution is 2.23. The Bertz CT molecular complexity index is 363. The molecular weight excluding hydrogens is 276 g/mol. The summed E-state index contributed by atoms with van der Waals surface area (Å²) < 4.78 is 10.3. The first-order valence-corrected chi connectivity index (χ1v) is 7.24. The normalized spacial score (nSPS) is 23.7. The van der Waals surface area contributed by atoms with Gasteiger partial charge in [0.25, 0.3) is 0 Å². The van der Waals surface area contributed by atoms with Gasteiger partial charge in [-0.2, -0.15) is 0 Å². The predicted octanol–water partition coefficient (Wildman–Crippen LogP) is 1.08. The Balaban J connectivity index is 2.54. The molecule has 2 atom stereocenters. The van der Waals surface area contributed by atoms with Gasteiger partial charge in [-0.1, -0.05) is 0 Å². The molecule has 0 aromatic rings. The van der Waals surface area contributed by atoms with Gasteiger partial charge in [0.05, 0.1) is 12.1 Å². The van der Waals surface area contributed by atoms with E-state index in [0.29, 0.717) is 32.5 Å². The van der Waals surface area contributed by atoms with Gasteiger partial charge in [-0.15, -0.1) is 0 Å². The number of nitrogens with one attached hydrogen (secondary N) is 1. The Morgan fingerprint density at radius 1 is 1.43 bits per heavy atom. The molecule has 7 nitrogen and oxygen atoms in total. The van der Waals surface area contributed by atoms with Crippen LogP contribution < -0.4 is 5.32 Å². The molecule has 2 N–H and O–H groups in total. The van der Waals surface area contributed by atoms with Gasteiger partial charge in [0.2, 0.25) is 0 Å². The second-order valence-corrected chi connectivity index (χ2v) is 5.65. The summed E-state index contributed by atoms with van der Waals surface area (Å²) in [5, 5.41) is 11.8. The molecule has 2 amide bonds. The van der Waals surface area contributed by atoms with Gasteiger partial charge in [-0.05, 0) is 32.6 Å². The fourth-order valence-electron chi connectivity index (χ4n) is 2.48. The maximum absolute atomic E-state index is 12.2. The second kappa shape index (κ2) is 8.19. The fraction of sp³-hybridized carbons (Fsp3) is 0.857. The molecule has 0 radical (unpaired) electrons. The summed E-state index contributed by atoms with van der Waals surface area (Å²) >= 11 is 0. The Morgan fingerprint density at radius 3 is 2.71 bits per heavy atom. The minimum absolute atomic E-state index is 0.345. The molecule has 1 saturated heterocycles. The number of carbonyl (C=O) groups excluding carboxylic acids is 1. The van der Waals surface area contributed by atoms with Crippen LogP contribution in [0.15, 0.2) is 0 Å². The minimum Gasteiger partial charge on any atom is -0.480 e. The number of likely N-dealkylation sites (tertiary alicyclic amines) is 1. The number of nitrogens with zero attached hydrogens (tertiary/aromatic N) is 1. The van der Waals surface area contributed by atoms with Crippen molar-refractivity contribution in [1.82, 2.24) is 10.2 Å². The van der Waals surface area contributed by atoms with E-state index in [1.807, 2.05) is 6.92 Å². The van der Waals surface area contributed by atoms with Crippen LogP contribution in [0, 0.1) is 0 Å². The van der Waals surface area contributed by atoms with Gasteiger partial charge in [0.15, 0.2) is 0 Å². The summed E-state index contributed by atoms with van der Waals surface area (Å²) in [6.45, 7) is 3.53. The van der Waals surface area contributed by atoms with E-state index in [1.54, 1.807) is 19.1 Å². The van der Waals surface area contributed by atoms with E-state index in [0.717, 1.165) is 12.8 Å². The van der Waals surface area contributed by atoms with Crippen LogP contribution in [0.2, 0.25) is 0 Å². The van der Waals surface area contributed by atoms with Crippen molar-refractivity contribution in [3.8, 4) is 0 Å². The van der Waals surface area contributed by atoms with E-state index in [2.05, 4.69) is 5.32 Å². The standard InChI is InChI=1S/C14H26N2O5/c1-14(21-3)7-5-8-16(10-14)13(19)15-11(12(17)18)6-4-9-20-2/h11H,4-10H2,1-3H3,(H,15,19)(H,17,18). The molecule has 2 unspecified atom stereocenters.